The van der Waals surface area contributed by atoms with Crippen molar-refractivity contribution in [1.82, 2.24) is 0 Å². The topological polar surface area (TPSA) is 62.1 Å². The molecule has 0 aliphatic heterocycles. The summed E-state index contributed by atoms with van der Waals surface area (Å²) in [4.78, 5) is 12.5. The Morgan fingerprint density at radius 2 is 1.84 bits per heavy atom. The van der Waals surface area contributed by atoms with Crippen molar-refractivity contribution in [2.24, 2.45) is 0 Å². The number of anilines is 1. The Bertz CT molecular complexity index is 861. The maximum absolute atomic E-state index is 12.5. The molecule has 0 fully saturated rings. The third-order valence-electron chi connectivity index (χ3n) is 3.98. The summed E-state index contributed by atoms with van der Waals surface area (Å²) >= 11 is 0. The van der Waals surface area contributed by atoms with Crippen molar-refractivity contribution in [2.75, 3.05) is 11.9 Å². The molecule has 0 aromatic heterocycles. The van der Waals surface area contributed by atoms with Crippen LogP contribution in [0.5, 0.6) is 5.75 Å². The zero-order valence-electron chi connectivity index (χ0n) is 15.0. The van der Waals surface area contributed by atoms with E-state index in [0.717, 1.165) is 16.7 Å². The number of nitriles is 1. The number of rotatable bonds is 5. The molecule has 4 nitrogen and oxygen atoms in total. The molecule has 0 aliphatic carbocycles. The molecule has 0 saturated heterocycles. The van der Waals surface area contributed by atoms with E-state index in [1.54, 1.807) is 24.3 Å². The van der Waals surface area contributed by atoms with Crippen LogP contribution in [0.15, 0.2) is 42.0 Å². The highest BCUT2D eigenvalue weighted by Gasteiger charge is 2.13. The Labute approximate surface area is 148 Å². The lowest BCUT2D eigenvalue weighted by Gasteiger charge is -2.11. The normalized spacial score (nSPS) is 10.9. The van der Waals surface area contributed by atoms with Crippen LogP contribution in [0.2, 0.25) is 0 Å². The standard InChI is InChI=1S/C21H22N2O2/c1-5-25-20-9-7-6-8-19(20)23-21(24)18(13-22)12-17-11-15(3)14(2)10-16(17)4/h6-12H,5H2,1-4H3,(H,23,24)/b18-12+. The van der Waals surface area contributed by atoms with Crippen molar-refractivity contribution < 1.29 is 9.53 Å². The number of benzene rings is 2. The van der Waals surface area contributed by atoms with Gasteiger partial charge in [-0.2, -0.15) is 5.26 Å². The Kier molecular flexibility index (Phi) is 5.97. The third kappa shape index (κ3) is 4.48. The quantitative estimate of drug-likeness (QED) is 0.644. The molecule has 0 saturated carbocycles. The molecule has 0 heterocycles. The Hall–Kier alpha value is -3.06. The van der Waals surface area contributed by atoms with Gasteiger partial charge in [0, 0.05) is 0 Å². The molecule has 0 aliphatic rings. The molecule has 2 rings (SSSR count). The first-order valence-electron chi connectivity index (χ1n) is 8.19. The van der Waals surface area contributed by atoms with Gasteiger partial charge >= 0.3 is 0 Å². The predicted molar refractivity (Wildman–Crippen MR) is 100 cm³/mol. The summed E-state index contributed by atoms with van der Waals surface area (Å²) in [6.45, 7) is 8.39. The smallest absolute Gasteiger partial charge is 0.266 e. The summed E-state index contributed by atoms with van der Waals surface area (Å²) in [5.74, 6) is 0.130. The lowest BCUT2D eigenvalue weighted by Crippen LogP contribution is -2.14. The monoisotopic (exact) mass is 334 g/mol. The minimum atomic E-state index is -0.452. The summed E-state index contributed by atoms with van der Waals surface area (Å²) in [6.07, 6.45) is 1.63. The van der Waals surface area contributed by atoms with Gasteiger partial charge in [0.1, 0.15) is 17.4 Å². The molecule has 0 unspecified atom stereocenters. The van der Waals surface area contributed by atoms with Gasteiger partial charge in [0.25, 0.3) is 5.91 Å². The minimum Gasteiger partial charge on any atom is -0.492 e. The van der Waals surface area contributed by atoms with E-state index in [2.05, 4.69) is 11.4 Å². The van der Waals surface area contributed by atoms with Crippen molar-refractivity contribution >= 4 is 17.7 Å². The largest absolute Gasteiger partial charge is 0.492 e. The number of aryl methyl sites for hydroxylation is 3. The van der Waals surface area contributed by atoms with Gasteiger partial charge in [0.2, 0.25) is 0 Å². The zero-order valence-corrected chi connectivity index (χ0v) is 15.0. The summed E-state index contributed by atoms with van der Waals surface area (Å²) in [5, 5.41) is 12.2. The molecular weight excluding hydrogens is 312 g/mol. The maximum atomic E-state index is 12.5. The van der Waals surface area contributed by atoms with Crippen LogP contribution in [0.3, 0.4) is 0 Å². The van der Waals surface area contributed by atoms with E-state index in [1.807, 2.05) is 45.9 Å². The molecule has 1 amide bonds. The second-order valence-corrected chi connectivity index (χ2v) is 5.85. The summed E-state index contributed by atoms with van der Waals surface area (Å²) in [5.41, 5.74) is 4.80. The van der Waals surface area contributed by atoms with Gasteiger partial charge in [-0.25, -0.2) is 0 Å². The highest BCUT2D eigenvalue weighted by atomic mass is 16.5. The second-order valence-electron chi connectivity index (χ2n) is 5.85. The van der Waals surface area contributed by atoms with Crippen LogP contribution < -0.4 is 10.1 Å². The number of ether oxygens (including phenoxy) is 1. The zero-order chi connectivity index (χ0) is 18.4. The fraction of sp³-hybridized carbons (Fsp3) is 0.238. The summed E-state index contributed by atoms with van der Waals surface area (Å²) in [7, 11) is 0. The number of carbonyl (C=O) groups excluding carboxylic acids is 1. The van der Waals surface area contributed by atoms with Gasteiger partial charge in [0.05, 0.1) is 12.3 Å². The highest BCUT2D eigenvalue weighted by Crippen LogP contribution is 2.25. The number of para-hydroxylation sites is 2. The molecule has 0 atom stereocenters. The number of amides is 1. The van der Waals surface area contributed by atoms with E-state index in [9.17, 15) is 10.1 Å². The minimum absolute atomic E-state index is 0.0534. The van der Waals surface area contributed by atoms with Crippen LogP contribution in [0.1, 0.15) is 29.2 Å². The molecule has 128 valence electrons. The molecule has 1 N–H and O–H groups in total. The fourth-order valence-corrected chi connectivity index (χ4v) is 2.48. The first-order valence-corrected chi connectivity index (χ1v) is 8.19. The molecule has 25 heavy (non-hydrogen) atoms. The van der Waals surface area contributed by atoms with Gasteiger partial charge in [-0.15, -0.1) is 0 Å². The van der Waals surface area contributed by atoms with E-state index >= 15 is 0 Å². The van der Waals surface area contributed by atoms with Crippen molar-refractivity contribution in [2.45, 2.75) is 27.7 Å². The van der Waals surface area contributed by atoms with Gasteiger partial charge in [0.15, 0.2) is 0 Å². The van der Waals surface area contributed by atoms with Crippen LogP contribution in [0.25, 0.3) is 6.08 Å². The first kappa shape index (κ1) is 18.3. The third-order valence-corrected chi connectivity index (χ3v) is 3.98. The predicted octanol–water partition coefficient (Wildman–Crippen LogP) is 4.56. The van der Waals surface area contributed by atoms with Crippen LogP contribution in [0, 0.1) is 32.1 Å². The van der Waals surface area contributed by atoms with Crippen LogP contribution in [-0.2, 0) is 4.79 Å². The summed E-state index contributed by atoms with van der Waals surface area (Å²) < 4.78 is 5.50. The molecule has 0 bridgehead atoms. The lowest BCUT2D eigenvalue weighted by atomic mass is 9.99. The SMILES string of the molecule is CCOc1ccccc1NC(=O)/C(C#N)=C/c1cc(C)c(C)cc1C. The van der Waals surface area contributed by atoms with E-state index < -0.39 is 5.91 Å². The van der Waals surface area contributed by atoms with Gasteiger partial charge in [-0.05, 0) is 68.2 Å². The Balaban J connectivity index is 2.31. The van der Waals surface area contributed by atoms with Crippen molar-refractivity contribution in [3.8, 4) is 11.8 Å². The van der Waals surface area contributed by atoms with E-state index in [4.69, 9.17) is 4.74 Å². The molecule has 2 aromatic rings. The van der Waals surface area contributed by atoms with Gasteiger partial charge in [-0.1, -0.05) is 24.3 Å². The molecule has 0 spiro atoms. The van der Waals surface area contributed by atoms with Crippen LogP contribution in [0.4, 0.5) is 5.69 Å². The van der Waals surface area contributed by atoms with Crippen molar-refractivity contribution in [3.63, 3.8) is 0 Å². The van der Waals surface area contributed by atoms with Crippen molar-refractivity contribution in [3.05, 3.63) is 64.2 Å². The average molecular weight is 334 g/mol. The summed E-state index contributed by atoms with van der Waals surface area (Å²) in [6, 6.07) is 13.2. The maximum Gasteiger partial charge on any atom is 0.266 e. The second kappa shape index (κ2) is 8.16. The Morgan fingerprint density at radius 3 is 2.52 bits per heavy atom. The van der Waals surface area contributed by atoms with Crippen LogP contribution >= 0.6 is 0 Å². The lowest BCUT2D eigenvalue weighted by molar-refractivity contribution is -0.112. The molecule has 4 heteroatoms. The number of nitrogens with zero attached hydrogens (tertiary/aromatic N) is 1. The number of hydrogen-bond donors (Lipinski definition) is 1. The molecular formula is C21H22N2O2. The Morgan fingerprint density at radius 1 is 1.16 bits per heavy atom. The number of carbonyl (C=O) groups is 1. The van der Waals surface area contributed by atoms with E-state index in [1.165, 1.54) is 5.56 Å². The van der Waals surface area contributed by atoms with Crippen LogP contribution in [-0.4, -0.2) is 12.5 Å². The van der Waals surface area contributed by atoms with E-state index in [-0.39, 0.29) is 5.57 Å². The average Bonchev–Trinajstić information content (AvgIpc) is 2.58. The van der Waals surface area contributed by atoms with Gasteiger partial charge < -0.3 is 10.1 Å². The molecule has 2 aromatic carbocycles. The highest BCUT2D eigenvalue weighted by molar-refractivity contribution is 6.10. The molecule has 0 radical (unpaired) electrons. The van der Waals surface area contributed by atoms with Crippen molar-refractivity contribution in [1.29, 1.82) is 5.26 Å². The van der Waals surface area contributed by atoms with Gasteiger partial charge in [-0.3, -0.25) is 4.79 Å². The first-order chi connectivity index (χ1) is 12.0. The number of hydrogen-bond acceptors (Lipinski definition) is 3. The fourth-order valence-electron chi connectivity index (χ4n) is 2.48. The number of nitrogens with one attached hydrogen (secondary N) is 1. The van der Waals surface area contributed by atoms with E-state index in [0.29, 0.717) is 18.0 Å².